The quantitative estimate of drug-likeness (QED) is 0.142. The SMILES string of the molecule is C=CC[N+]1=C2C(=O)NC(=N)N=C2N([C@@H]2O[C@H](C(O)C(C)=O)[C@](O)(C(C)=O)[C@]2(O)C(C)=O)C1=S. The van der Waals surface area contributed by atoms with Crippen LogP contribution in [0.4, 0.5) is 0 Å². The molecule has 0 aliphatic carbocycles. The molecule has 13 nitrogen and oxygen atoms in total. The molecule has 176 valence electrons. The number of ether oxygens (including phenoxy) is 1. The molecule has 0 aromatic heterocycles. The Kier molecular flexibility index (Phi) is 6.02. The predicted molar refractivity (Wildman–Crippen MR) is 115 cm³/mol. The van der Waals surface area contributed by atoms with Crippen LogP contribution in [0.1, 0.15) is 20.8 Å². The number of rotatable bonds is 7. The number of guanidine groups is 1. The number of ketones is 3. The Morgan fingerprint density at radius 1 is 1.33 bits per heavy atom. The van der Waals surface area contributed by atoms with E-state index in [4.69, 9.17) is 22.4 Å². The second-order valence-corrected chi connectivity index (χ2v) is 8.11. The lowest BCUT2D eigenvalue weighted by Gasteiger charge is -2.37. The van der Waals surface area contributed by atoms with Gasteiger partial charge in [0.1, 0.15) is 18.8 Å². The summed E-state index contributed by atoms with van der Waals surface area (Å²) < 4.78 is 6.85. The molecule has 5 atom stereocenters. The first-order chi connectivity index (χ1) is 15.2. The first-order valence-corrected chi connectivity index (χ1v) is 10.0. The molecule has 3 aliphatic heterocycles. The summed E-state index contributed by atoms with van der Waals surface area (Å²) in [5.74, 6) is -4.88. The summed E-state index contributed by atoms with van der Waals surface area (Å²) >= 11 is 5.41. The lowest BCUT2D eigenvalue weighted by atomic mass is 9.73. The Morgan fingerprint density at radius 2 is 1.91 bits per heavy atom. The number of Topliss-reactive ketones (excluding diaryl/α,β-unsaturated/α-hetero) is 3. The fourth-order valence-corrected chi connectivity index (χ4v) is 4.46. The zero-order valence-corrected chi connectivity index (χ0v) is 18.7. The van der Waals surface area contributed by atoms with Gasteiger partial charge in [0.05, 0.1) is 0 Å². The van der Waals surface area contributed by atoms with Gasteiger partial charge < -0.3 is 20.1 Å². The highest BCUT2D eigenvalue weighted by molar-refractivity contribution is 7.80. The normalized spacial score (nSPS) is 32.4. The van der Waals surface area contributed by atoms with Gasteiger partial charge in [0.15, 0.2) is 23.0 Å². The van der Waals surface area contributed by atoms with Crippen molar-refractivity contribution in [3.8, 4) is 0 Å². The number of amidine groups is 1. The fourth-order valence-electron chi connectivity index (χ4n) is 4.11. The van der Waals surface area contributed by atoms with E-state index >= 15 is 0 Å². The van der Waals surface area contributed by atoms with Gasteiger partial charge in [-0.2, -0.15) is 9.89 Å². The molecule has 0 saturated carbocycles. The van der Waals surface area contributed by atoms with E-state index in [1.807, 2.05) is 0 Å². The third-order valence-corrected chi connectivity index (χ3v) is 6.18. The Bertz CT molecular complexity index is 1100. The summed E-state index contributed by atoms with van der Waals surface area (Å²) in [4.78, 5) is 54.5. The molecule has 0 radical (unpaired) electrons. The minimum absolute atomic E-state index is 0.0217. The van der Waals surface area contributed by atoms with E-state index in [9.17, 15) is 34.5 Å². The molecule has 1 amide bonds. The van der Waals surface area contributed by atoms with Crippen molar-refractivity contribution in [2.24, 2.45) is 4.99 Å². The van der Waals surface area contributed by atoms with Crippen molar-refractivity contribution in [1.82, 2.24) is 10.2 Å². The van der Waals surface area contributed by atoms with Gasteiger partial charge in [-0.15, -0.1) is 0 Å². The summed E-state index contributed by atoms with van der Waals surface area (Å²) in [6.07, 6.45) is -4.77. The number of thiocarbonyl (C=S) groups is 1. The Labute approximate surface area is 192 Å². The topological polar surface area (TPSA) is 193 Å². The maximum absolute atomic E-state index is 12.7. The molecule has 5 N–H and O–H groups in total. The van der Waals surface area contributed by atoms with Crippen LogP contribution >= 0.6 is 12.2 Å². The van der Waals surface area contributed by atoms with Crippen molar-refractivity contribution in [2.45, 2.75) is 50.4 Å². The van der Waals surface area contributed by atoms with E-state index in [-0.39, 0.29) is 23.2 Å². The van der Waals surface area contributed by atoms with Crippen LogP contribution in [0, 0.1) is 5.41 Å². The molecule has 1 saturated heterocycles. The second kappa shape index (κ2) is 8.07. The van der Waals surface area contributed by atoms with Crippen LogP contribution in [0.15, 0.2) is 17.6 Å². The molecule has 3 heterocycles. The number of amides is 1. The van der Waals surface area contributed by atoms with E-state index in [1.165, 1.54) is 10.7 Å². The highest BCUT2D eigenvalue weighted by Gasteiger charge is 2.77. The van der Waals surface area contributed by atoms with E-state index in [1.54, 1.807) is 0 Å². The monoisotopic (exact) mass is 480 g/mol. The van der Waals surface area contributed by atoms with Crippen LogP contribution in [-0.2, 0) is 23.9 Å². The summed E-state index contributed by atoms with van der Waals surface area (Å²) in [7, 11) is 0. The molecule has 0 aromatic carbocycles. The minimum atomic E-state index is -3.07. The first-order valence-electron chi connectivity index (χ1n) is 9.63. The number of carbonyl (C=O) groups excluding carboxylic acids is 4. The Morgan fingerprint density at radius 3 is 2.39 bits per heavy atom. The van der Waals surface area contributed by atoms with E-state index in [0.717, 1.165) is 25.7 Å². The second-order valence-electron chi connectivity index (χ2n) is 7.75. The number of carbonyl (C=O) groups is 4. The lowest BCUT2D eigenvalue weighted by Crippen LogP contribution is -2.71. The molecule has 3 aliphatic rings. The molecular formula is C19H22N5O8S+. The third-order valence-electron chi connectivity index (χ3n) is 5.76. The van der Waals surface area contributed by atoms with Crippen molar-refractivity contribution >= 4 is 58.1 Å². The Hall–Kier alpha value is -3.04. The number of hydrogen-bond acceptors (Lipinski definition) is 10. The van der Waals surface area contributed by atoms with Gasteiger partial charge in [0.2, 0.25) is 17.8 Å². The van der Waals surface area contributed by atoms with E-state index in [2.05, 4.69) is 16.9 Å². The van der Waals surface area contributed by atoms with Crippen molar-refractivity contribution in [3.05, 3.63) is 12.7 Å². The molecule has 1 unspecified atom stereocenters. The van der Waals surface area contributed by atoms with Gasteiger partial charge in [0.25, 0.3) is 11.5 Å². The summed E-state index contributed by atoms with van der Waals surface area (Å²) in [5.41, 5.74) is -6.29. The van der Waals surface area contributed by atoms with Crippen LogP contribution in [0.25, 0.3) is 0 Å². The van der Waals surface area contributed by atoms with Gasteiger partial charge in [0, 0.05) is 12.2 Å². The number of nitrogens with zero attached hydrogens (tertiary/aromatic N) is 3. The van der Waals surface area contributed by atoms with Crippen molar-refractivity contribution in [1.29, 1.82) is 5.41 Å². The molecular weight excluding hydrogens is 458 g/mol. The number of aliphatic hydroxyl groups is 3. The third kappa shape index (κ3) is 3.21. The minimum Gasteiger partial charge on any atom is -0.382 e. The zero-order chi connectivity index (χ0) is 25.0. The molecule has 33 heavy (non-hydrogen) atoms. The van der Waals surface area contributed by atoms with E-state index in [0.29, 0.717) is 0 Å². The maximum atomic E-state index is 12.7. The van der Waals surface area contributed by atoms with Crippen molar-refractivity contribution < 1.29 is 43.8 Å². The lowest BCUT2D eigenvalue weighted by molar-refractivity contribution is -0.395. The van der Waals surface area contributed by atoms with Gasteiger partial charge in [-0.05, 0) is 20.8 Å². The fraction of sp³-hybridized carbons (Fsp3) is 0.474. The molecule has 0 aromatic rings. The molecule has 0 spiro atoms. The average molecular weight is 480 g/mol. The van der Waals surface area contributed by atoms with Gasteiger partial charge in [-0.25, -0.2) is 4.58 Å². The molecule has 3 rings (SSSR count). The largest absolute Gasteiger partial charge is 0.382 e. The number of aliphatic hydroxyl groups excluding tert-OH is 1. The smallest absolute Gasteiger partial charge is 0.356 e. The van der Waals surface area contributed by atoms with Crippen molar-refractivity contribution in [2.75, 3.05) is 6.54 Å². The maximum Gasteiger partial charge on any atom is 0.356 e. The highest BCUT2D eigenvalue weighted by Crippen LogP contribution is 2.45. The number of aliphatic imine (C=N–C) groups is 1. The predicted octanol–water partition coefficient (Wildman–Crippen LogP) is -3.00. The summed E-state index contributed by atoms with van der Waals surface area (Å²) in [5, 5.41) is 42.9. The standard InChI is InChI=1S/C19H21N5O8S/c1-5-6-23-10-13(21-16(20)22-14(10)29)24(17(23)33)15-19(31,9(4)27)18(30,8(3)26)12(32-15)11(28)7(2)25/h5,11-12,15,28,30-31H,1,6H2,2-4H3,(H-,20,22,29)/p+1/t11?,12-,15-,18-,19+/m1/s1. The number of fused-ring (bicyclic) bond motifs is 1. The number of hydrogen-bond donors (Lipinski definition) is 5. The van der Waals surface area contributed by atoms with Crippen LogP contribution < -0.4 is 5.32 Å². The first kappa shape index (κ1) is 24.6. The average Bonchev–Trinajstić information content (AvgIpc) is 3.12. The molecule has 14 heteroatoms. The van der Waals surface area contributed by atoms with Crippen molar-refractivity contribution in [3.63, 3.8) is 0 Å². The Balaban J connectivity index is 2.28. The van der Waals surface area contributed by atoms with Gasteiger partial charge >= 0.3 is 11.0 Å². The summed E-state index contributed by atoms with van der Waals surface area (Å²) in [6, 6.07) is 0. The van der Waals surface area contributed by atoms with Gasteiger partial charge in [-0.1, -0.05) is 12.7 Å². The van der Waals surface area contributed by atoms with Gasteiger partial charge in [-0.3, -0.25) is 29.9 Å². The number of nitrogens with one attached hydrogen (secondary N) is 2. The molecule has 0 bridgehead atoms. The zero-order valence-electron chi connectivity index (χ0n) is 17.9. The van der Waals surface area contributed by atoms with E-state index < -0.39 is 58.9 Å². The van der Waals surface area contributed by atoms with Crippen LogP contribution in [0.5, 0.6) is 0 Å². The highest BCUT2D eigenvalue weighted by atomic mass is 32.1. The molecule has 1 fully saturated rings. The van der Waals surface area contributed by atoms with Crippen LogP contribution in [-0.4, -0.2) is 107 Å². The van der Waals surface area contributed by atoms with Crippen LogP contribution in [0.3, 0.4) is 0 Å². The summed E-state index contributed by atoms with van der Waals surface area (Å²) in [6.45, 7) is 6.24. The van der Waals surface area contributed by atoms with Crippen LogP contribution in [0.2, 0.25) is 0 Å².